The quantitative estimate of drug-likeness (QED) is 0.856. The van der Waals surface area contributed by atoms with Crippen LogP contribution < -0.4 is 5.73 Å². The Morgan fingerprint density at radius 1 is 1.50 bits per heavy atom. The summed E-state index contributed by atoms with van der Waals surface area (Å²) >= 11 is 9.47. The van der Waals surface area contributed by atoms with Crippen LogP contribution in [0.1, 0.15) is 30.4 Å². The van der Waals surface area contributed by atoms with Crippen molar-refractivity contribution in [3.8, 4) is 0 Å². The molecule has 4 heteroatoms. The molecule has 2 unspecified atom stereocenters. The number of rotatable bonds is 5. The van der Waals surface area contributed by atoms with Crippen molar-refractivity contribution in [3.63, 3.8) is 0 Å². The van der Waals surface area contributed by atoms with Gasteiger partial charge in [-0.05, 0) is 24.3 Å². The van der Waals surface area contributed by atoms with Gasteiger partial charge in [0.25, 0.3) is 0 Å². The first-order valence-electron chi connectivity index (χ1n) is 4.81. The minimum absolute atomic E-state index is 0.231. The van der Waals surface area contributed by atoms with Gasteiger partial charge in [-0.3, -0.25) is 0 Å². The highest BCUT2D eigenvalue weighted by Crippen LogP contribution is 2.37. The van der Waals surface area contributed by atoms with E-state index >= 15 is 0 Å². The molecule has 14 heavy (non-hydrogen) atoms. The fourth-order valence-corrected chi connectivity index (χ4v) is 3.80. The molecule has 0 amide bonds. The fourth-order valence-electron chi connectivity index (χ4n) is 1.29. The van der Waals surface area contributed by atoms with Gasteiger partial charge in [0, 0.05) is 10.9 Å². The predicted molar refractivity (Wildman–Crippen MR) is 68.5 cm³/mol. The number of hydrogen-bond donors (Lipinski definition) is 1. The summed E-state index contributed by atoms with van der Waals surface area (Å²) in [6, 6.07) is 4.28. The molecule has 0 aromatic carbocycles. The normalized spacial score (nSPS) is 15.4. The Morgan fingerprint density at radius 2 is 2.21 bits per heavy atom. The lowest BCUT2D eigenvalue weighted by molar-refractivity contribution is 0.640. The summed E-state index contributed by atoms with van der Waals surface area (Å²) in [5.74, 6) is 1.09. The molecule has 0 aliphatic heterocycles. The van der Waals surface area contributed by atoms with Crippen molar-refractivity contribution in [2.75, 3.05) is 5.75 Å². The van der Waals surface area contributed by atoms with Crippen molar-refractivity contribution in [3.05, 3.63) is 21.3 Å². The van der Waals surface area contributed by atoms with Gasteiger partial charge in [-0.2, -0.15) is 11.8 Å². The Kier molecular flexibility index (Phi) is 5.31. The third-order valence-corrected chi connectivity index (χ3v) is 4.84. The minimum atomic E-state index is 0.231. The number of thioether (sulfide) groups is 1. The minimum Gasteiger partial charge on any atom is -0.326 e. The van der Waals surface area contributed by atoms with E-state index in [1.54, 1.807) is 11.3 Å². The van der Waals surface area contributed by atoms with E-state index in [-0.39, 0.29) is 6.04 Å². The topological polar surface area (TPSA) is 26.0 Å². The second-order valence-corrected chi connectivity index (χ2v) is 6.26. The van der Waals surface area contributed by atoms with Gasteiger partial charge in [-0.1, -0.05) is 25.4 Å². The summed E-state index contributed by atoms with van der Waals surface area (Å²) < 4.78 is 0.852. The molecule has 1 aromatic heterocycles. The van der Waals surface area contributed by atoms with Crippen molar-refractivity contribution < 1.29 is 0 Å². The molecule has 0 aliphatic rings. The average Bonchev–Trinajstić information content (AvgIpc) is 2.60. The smallest absolute Gasteiger partial charge is 0.0931 e. The highest BCUT2D eigenvalue weighted by molar-refractivity contribution is 7.99. The Bertz CT molecular complexity index is 275. The lowest BCUT2D eigenvalue weighted by atomic mass is 10.1. The summed E-state index contributed by atoms with van der Waals surface area (Å²) in [5, 5.41) is 0.405. The number of nitrogens with two attached hydrogens (primary N) is 1. The molecule has 1 heterocycles. The van der Waals surface area contributed by atoms with Gasteiger partial charge >= 0.3 is 0 Å². The van der Waals surface area contributed by atoms with Crippen molar-refractivity contribution in [1.82, 2.24) is 0 Å². The van der Waals surface area contributed by atoms with Crippen LogP contribution in [0.15, 0.2) is 12.1 Å². The zero-order valence-electron chi connectivity index (χ0n) is 8.50. The standard InChI is InChI=1S/C10H16ClNS2/c1-3-7(12)10(13-4-2)8-5-6-9(11)14-8/h5-7,10H,3-4,12H2,1-2H3. The van der Waals surface area contributed by atoms with Crippen LogP contribution in [0.5, 0.6) is 0 Å². The Labute approximate surface area is 99.0 Å². The van der Waals surface area contributed by atoms with E-state index in [1.807, 2.05) is 17.8 Å². The second-order valence-electron chi connectivity index (χ2n) is 3.09. The van der Waals surface area contributed by atoms with Crippen molar-refractivity contribution >= 4 is 34.7 Å². The lowest BCUT2D eigenvalue weighted by Crippen LogP contribution is -2.25. The molecule has 0 saturated heterocycles. The Balaban J connectivity index is 2.76. The van der Waals surface area contributed by atoms with Crippen LogP contribution in [0.4, 0.5) is 0 Å². The van der Waals surface area contributed by atoms with Gasteiger partial charge in [0.2, 0.25) is 0 Å². The zero-order valence-corrected chi connectivity index (χ0v) is 10.9. The molecule has 0 radical (unpaired) electrons. The third-order valence-electron chi connectivity index (χ3n) is 2.08. The SMILES string of the molecule is CCSC(c1ccc(Cl)s1)C(N)CC. The van der Waals surface area contributed by atoms with Crippen LogP contribution in [-0.2, 0) is 0 Å². The average molecular weight is 250 g/mol. The van der Waals surface area contributed by atoms with Crippen LogP contribution in [0.25, 0.3) is 0 Å². The zero-order chi connectivity index (χ0) is 10.6. The van der Waals surface area contributed by atoms with Gasteiger partial charge in [0.1, 0.15) is 0 Å². The summed E-state index contributed by atoms with van der Waals surface area (Å²) in [6.07, 6.45) is 1.01. The summed E-state index contributed by atoms with van der Waals surface area (Å²) in [4.78, 5) is 1.30. The summed E-state index contributed by atoms with van der Waals surface area (Å²) in [6.45, 7) is 4.29. The Hall–Kier alpha value is 0.300. The maximum atomic E-state index is 6.09. The van der Waals surface area contributed by atoms with Crippen molar-refractivity contribution in [2.24, 2.45) is 5.73 Å². The third kappa shape index (κ3) is 3.16. The van der Waals surface area contributed by atoms with E-state index in [2.05, 4.69) is 19.9 Å². The Morgan fingerprint density at radius 3 is 2.64 bits per heavy atom. The van der Waals surface area contributed by atoms with E-state index in [0.29, 0.717) is 5.25 Å². The van der Waals surface area contributed by atoms with Gasteiger partial charge in [0.05, 0.1) is 9.59 Å². The predicted octanol–water partition coefficient (Wildman–Crippen LogP) is 3.93. The van der Waals surface area contributed by atoms with E-state index < -0.39 is 0 Å². The van der Waals surface area contributed by atoms with Crippen LogP contribution in [0.2, 0.25) is 4.34 Å². The first-order valence-corrected chi connectivity index (χ1v) is 7.05. The molecule has 2 atom stereocenters. The number of halogens is 1. The van der Waals surface area contributed by atoms with Gasteiger partial charge in [-0.15, -0.1) is 11.3 Å². The monoisotopic (exact) mass is 249 g/mol. The maximum absolute atomic E-state index is 6.09. The highest BCUT2D eigenvalue weighted by atomic mass is 35.5. The largest absolute Gasteiger partial charge is 0.326 e. The molecule has 1 aromatic rings. The maximum Gasteiger partial charge on any atom is 0.0931 e. The molecule has 1 rings (SSSR count). The number of thiophene rings is 1. The van der Waals surface area contributed by atoms with E-state index in [1.165, 1.54) is 4.88 Å². The van der Waals surface area contributed by atoms with E-state index in [9.17, 15) is 0 Å². The van der Waals surface area contributed by atoms with Crippen LogP contribution >= 0.6 is 34.7 Å². The molecule has 2 N–H and O–H groups in total. The fraction of sp³-hybridized carbons (Fsp3) is 0.600. The first kappa shape index (κ1) is 12.4. The van der Waals surface area contributed by atoms with Crippen LogP contribution in [0.3, 0.4) is 0 Å². The van der Waals surface area contributed by atoms with E-state index in [4.69, 9.17) is 17.3 Å². The van der Waals surface area contributed by atoms with Crippen LogP contribution in [-0.4, -0.2) is 11.8 Å². The molecular weight excluding hydrogens is 234 g/mol. The van der Waals surface area contributed by atoms with E-state index in [0.717, 1.165) is 16.5 Å². The number of hydrogen-bond acceptors (Lipinski definition) is 3. The summed E-state index contributed by atoms with van der Waals surface area (Å²) in [5.41, 5.74) is 6.09. The lowest BCUT2D eigenvalue weighted by Gasteiger charge is -2.20. The second kappa shape index (κ2) is 6.01. The molecule has 0 aliphatic carbocycles. The highest BCUT2D eigenvalue weighted by Gasteiger charge is 2.19. The molecule has 0 saturated carbocycles. The van der Waals surface area contributed by atoms with Crippen molar-refractivity contribution in [1.29, 1.82) is 0 Å². The molecule has 80 valence electrons. The molecule has 1 nitrogen and oxygen atoms in total. The van der Waals surface area contributed by atoms with Gasteiger partial charge in [-0.25, -0.2) is 0 Å². The van der Waals surface area contributed by atoms with Crippen molar-refractivity contribution in [2.45, 2.75) is 31.6 Å². The van der Waals surface area contributed by atoms with Crippen LogP contribution in [0, 0.1) is 0 Å². The molecule has 0 fully saturated rings. The molecule has 0 spiro atoms. The first-order chi connectivity index (χ1) is 6.69. The van der Waals surface area contributed by atoms with Gasteiger partial charge in [0.15, 0.2) is 0 Å². The van der Waals surface area contributed by atoms with Gasteiger partial charge < -0.3 is 5.73 Å². The molecular formula is C10H16ClNS2. The summed E-state index contributed by atoms with van der Waals surface area (Å²) in [7, 11) is 0. The molecule has 0 bridgehead atoms.